The Morgan fingerprint density at radius 1 is 1.15 bits per heavy atom. The number of aromatic nitrogens is 1. The molecule has 4 aromatic rings. The van der Waals surface area contributed by atoms with Crippen molar-refractivity contribution in [1.29, 1.82) is 5.26 Å². The van der Waals surface area contributed by atoms with E-state index in [9.17, 15) is 15.2 Å². The van der Waals surface area contributed by atoms with Gasteiger partial charge in [-0.1, -0.05) is 54.1 Å². The molecule has 0 saturated carbocycles. The summed E-state index contributed by atoms with van der Waals surface area (Å²) in [6.45, 7) is 1.07. The average molecular weight is 470 g/mol. The van der Waals surface area contributed by atoms with Crippen LogP contribution in [0.15, 0.2) is 59.0 Å². The Bertz CT molecular complexity index is 1480. The molecule has 0 amide bonds. The quantitative estimate of drug-likeness (QED) is 0.413. The van der Waals surface area contributed by atoms with Crippen LogP contribution in [-0.2, 0) is 11.2 Å². The van der Waals surface area contributed by atoms with Crippen molar-refractivity contribution in [2.75, 3.05) is 13.1 Å². The van der Waals surface area contributed by atoms with E-state index in [1.165, 1.54) is 0 Å². The summed E-state index contributed by atoms with van der Waals surface area (Å²) in [6, 6.07) is 20.1. The molecular formula is C27H20ClN3O3. The maximum Gasteiger partial charge on any atom is 0.309 e. The van der Waals surface area contributed by atoms with Crippen molar-refractivity contribution in [1.82, 2.24) is 9.88 Å². The third-order valence-electron chi connectivity index (χ3n) is 6.98. The SMILES string of the molecule is N#Cc1c2c(cc3nc(-c4cccc(-c5ccccc5)c4Cl)oc13)[C@@H](N1CC(C(=O)O)C1)CC2. The molecule has 1 aliphatic carbocycles. The lowest BCUT2D eigenvalue weighted by molar-refractivity contribution is -0.148. The molecule has 7 heteroatoms. The minimum atomic E-state index is -0.751. The minimum Gasteiger partial charge on any atom is -0.481 e. The third-order valence-corrected chi connectivity index (χ3v) is 7.38. The lowest BCUT2D eigenvalue weighted by atomic mass is 9.94. The second-order valence-electron chi connectivity index (χ2n) is 8.88. The molecule has 1 atom stereocenters. The number of carboxylic acid groups (broad SMARTS) is 1. The molecule has 3 aromatic carbocycles. The number of nitriles is 1. The number of carbonyl (C=O) groups is 1. The number of hydrogen-bond acceptors (Lipinski definition) is 5. The van der Waals surface area contributed by atoms with E-state index in [-0.39, 0.29) is 12.0 Å². The van der Waals surface area contributed by atoms with E-state index in [1.807, 2.05) is 54.6 Å². The highest BCUT2D eigenvalue weighted by Crippen LogP contribution is 2.44. The summed E-state index contributed by atoms with van der Waals surface area (Å²) >= 11 is 6.79. The van der Waals surface area contributed by atoms with Crippen molar-refractivity contribution in [2.24, 2.45) is 5.92 Å². The molecule has 0 bridgehead atoms. The van der Waals surface area contributed by atoms with Gasteiger partial charge in [-0.15, -0.1) is 0 Å². The molecule has 0 radical (unpaired) electrons. The topological polar surface area (TPSA) is 90.4 Å². The van der Waals surface area contributed by atoms with Crippen LogP contribution in [-0.4, -0.2) is 34.0 Å². The standard InChI is InChI=1S/C27H20ClN3O3/c28-24-17(15-5-2-1-3-6-15)7-4-8-19(24)26-30-22-11-20-18(21(12-29)25(22)34-26)9-10-23(20)31-13-16(14-31)27(32)33/h1-8,11,16,23H,9-10,13-14H2,(H,32,33)/t23-/m0/s1. The molecule has 1 fully saturated rings. The summed E-state index contributed by atoms with van der Waals surface area (Å²) in [6.07, 6.45) is 1.62. The summed E-state index contributed by atoms with van der Waals surface area (Å²) in [5, 5.41) is 19.8. The highest BCUT2D eigenvalue weighted by atomic mass is 35.5. The van der Waals surface area contributed by atoms with Crippen molar-refractivity contribution in [2.45, 2.75) is 18.9 Å². The van der Waals surface area contributed by atoms with Gasteiger partial charge in [-0.3, -0.25) is 9.69 Å². The predicted molar refractivity (Wildman–Crippen MR) is 128 cm³/mol. The molecule has 168 valence electrons. The smallest absolute Gasteiger partial charge is 0.309 e. The molecule has 2 heterocycles. The van der Waals surface area contributed by atoms with E-state index < -0.39 is 5.97 Å². The van der Waals surface area contributed by atoms with Gasteiger partial charge in [0.15, 0.2) is 5.58 Å². The molecule has 1 N–H and O–H groups in total. The number of nitrogens with zero attached hydrogens (tertiary/aromatic N) is 3. The van der Waals surface area contributed by atoms with Gasteiger partial charge >= 0.3 is 5.97 Å². The van der Waals surface area contributed by atoms with Gasteiger partial charge in [-0.2, -0.15) is 5.26 Å². The molecule has 0 unspecified atom stereocenters. The van der Waals surface area contributed by atoms with Crippen LogP contribution in [0.3, 0.4) is 0 Å². The van der Waals surface area contributed by atoms with E-state index in [2.05, 4.69) is 11.0 Å². The molecule has 1 aliphatic heterocycles. The normalized spacial score (nSPS) is 17.9. The highest BCUT2D eigenvalue weighted by molar-refractivity contribution is 6.36. The van der Waals surface area contributed by atoms with Gasteiger partial charge in [0.25, 0.3) is 0 Å². The van der Waals surface area contributed by atoms with Crippen LogP contribution in [0.25, 0.3) is 33.7 Å². The van der Waals surface area contributed by atoms with Crippen molar-refractivity contribution >= 4 is 28.7 Å². The second-order valence-corrected chi connectivity index (χ2v) is 9.25. The first kappa shape index (κ1) is 20.9. The zero-order chi connectivity index (χ0) is 23.4. The summed E-state index contributed by atoms with van der Waals surface area (Å²) < 4.78 is 6.15. The molecule has 2 aliphatic rings. The van der Waals surface area contributed by atoms with E-state index in [0.29, 0.717) is 46.2 Å². The first-order chi connectivity index (χ1) is 16.5. The maximum absolute atomic E-state index is 11.2. The fourth-order valence-electron chi connectivity index (χ4n) is 5.20. The Labute approximate surface area is 201 Å². The maximum atomic E-state index is 11.2. The van der Waals surface area contributed by atoms with Gasteiger partial charge in [0.2, 0.25) is 5.89 Å². The number of oxazole rings is 1. The second kappa shape index (κ2) is 7.98. The van der Waals surface area contributed by atoms with E-state index in [0.717, 1.165) is 35.1 Å². The predicted octanol–water partition coefficient (Wildman–Crippen LogP) is 5.69. The lowest BCUT2D eigenvalue weighted by Gasteiger charge is -2.41. The summed E-state index contributed by atoms with van der Waals surface area (Å²) in [4.78, 5) is 18.1. The molecule has 6 nitrogen and oxygen atoms in total. The molecule has 0 spiro atoms. The average Bonchev–Trinajstić information content (AvgIpc) is 3.41. The van der Waals surface area contributed by atoms with Crippen molar-refractivity contribution in [3.05, 3.63) is 76.3 Å². The Balaban J connectivity index is 1.42. The van der Waals surface area contributed by atoms with Crippen LogP contribution in [0.4, 0.5) is 0 Å². The number of benzene rings is 3. The molecule has 1 aromatic heterocycles. The number of halogens is 1. The number of aliphatic carboxylic acids is 1. The van der Waals surface area contributed by atoms with Gasteiger partial charge < -0.3 is 9.52 Å². The van der Waals surface area contributed by atoms with E-state index >= 15 is 0 Å². The number of hydrogen-bond donors (Lipinski definition) is 1. The van der Waals surface area contributed by atoms with Crippen LogP contribution in [0.1, 0.15) is 29.2 Å². The van der Waals surface area contributed by atoms with Crippen molar-refractivity contribution < 1.29 is 14.3 Å². The fourth-order valence-corrected chi connectivity index (χ4v) is 5.52. The van der Waals surface area contributed by atoms with E-state index in [4.69, 9.17) is 21.0 Å². The zero-order valence-electron chi connectivity index (χ0n) is 18.2. The van der Waals surface area contributed by atoms with Gasteiger partial charge in [-0.05, 0) is 41.7 Å². The van der Waals surface area contributed by atoms with Crippen molar-refractivity contribution in [3.8, 4) is 28.7 Å². The van der Waals surface area contributed by atoms with Crippen LogP contribution < -0.4 is 0 Å². The lowest BCUT2D eigenvalue weighted by Crippen LogP contribution is -2.51. The largest absolute Gasteiger partial charge is 0.481 e. The molecule has 1 saturated heterocycles. The van der Waals surface area contributed by atoms with E-state index in [1.54, 1.807) is 0 Å². The zero-order valence-corrected chi connectivity index (χ0v) is 18.9. The summed E-state index contributed by atoms with van der Waals surface area (Å²) in [5.41, 5.74) is 6.20. The van der Waals surface area contributed by atoms with Crippen LogP contribution in [0, 0.1) is 17.2 Å². The number of rotatable bonds is 4. The molecule has 6 rings (SSSR count). The van der Waals surface area contributed by atoms with Gasteiger partial charge in [0.05, 0.1) is 16.5 Å². The molecule has 34 heavy (non-hydrogen) atoms. The number of fused-ring (bicyclic) bond motifs is 2. The molecular weight excluding hydrogens is 450 g/mol. The van der Waals surface area contributed by atoms with Gasteiger partial charge in [-0.25, -0.2) is 4.98 Å². The minimum absolute atomic E-state index is 0.104. The van der Waals surface area contributed by atoms with Gasteiger partial charge in [0, 0.05) is 24.7 Å². The monoisotopic (exact) mass is 469 g/mol. The number of carboxylic acids is 1. The first-order valence-electron chi connectivity index (χ1n) is 11.2. The summed E-state index contributed by atoms with van der Waals surface area (Å²) in [5.74, 6) is -0.691. The Morgan fingerprint density at radius 3 is 2.65 bits per heavy atom. The van der Waals surface area contributed by atoms with Crippen LogP contribution in [0.5, 0.6) is 0 Å². The van der Waals surface area contributed by atoms with Crippen LogP contribution in [0.2, 0.25) is 5.02 Å². The highest BCUT2D eigenvalue weighted by Gasteiger charge is 2.40. The fraction of sp³-hybridized carbons (Fsp3) is 0.222. The first-order valence-corrected chi connectivity index (χ1v) is 11.6. The Hall–Kier alpha value is -3.66. The Morgan fingerprint density at radius 2 is 1.91 bits per heavy atom. The Kier molecular flexibility index (Phi) is 4.91. The summed E-state index contributed by atoms with van der Waals surface area (Å²) in [7, 11) is 0. The number of likely N-dealkylation sites (tertiary alicyclic amines) is 1. The van der Waals surface area contributed by atoms with Crippen molar-refractivity contribution in [3.63, 3.8) is 0 Å². The van der Waals surface area contributed by atoms with Crippen LogP contribution >= 0.6 is 11.6 Å². The third kappa shape index (κ3) is 3.20. The van der Waals surface area contributed by atoms with Gasteiger partial charge in [0.1, 0.15) is 17.1 Å².